The molecule has 16 heavy (non-hydrogen) atoms. The largest absolute Gasteiger partial charge is 0.477 e. The summed E-state index contributed by atoms with van der Waals surface area (Å²) < 4.78 is 5.69. The number of carbonyl (C=O) groups is 1. The zero-order valence-corrected chi connectivity index (χ0v) is 9.44. The fraction of sp³-hybridized carbons (Fsp3) is 0.200. The Morgan fingerprint density at radius 1 is 1.50 bits per heavy atom. The molecule has 2 heterocycles. The van der Waals surface area contributed by atoms with E-state index in [0.717, 1.165) is 16.4 Å². The SMILES string of the molecule is Cc1nsc(-c2cc[n+](CC(=O)O)cc2)n1. The van der Waals surface area contributed by atoms with E-state index in [1.807, 2.05) is 19.1 Å². The zero-order chi connectivity index (χ0) is 11.5. The fourth-order valence-electron chi connectivity index (χ4n) is 1.28. The van der Waals surface area contributed by atoms with Crippen molar-refractivity contribution in [3.8, 4) is 10.6 Å². The van der Waals surface area contributed by atoms with Crippen LogP contribution < -0.4 is 4.57 Å². The minimum atomic E-state index is -0.857. The first-order valence-electron chi connectivity index (χ1n) is 4.67. The molecule has 0 fully saturated rings. The maximum absolute atomic E-state index is 10.5. The first-order valence-corrected chi connectivity index (χ1v) is 5.44. The first-order chi connectivity index (χ1) is 7.65. The summed E-state index contributed by atoms with van der Waals surface area (Å²) in [6.07, 6.45) is 3.44. The third-order valence-electron chi connectivity index (χ3n) is 1.98. The highest BCUT2D eigenvalue weighted by molar-refractivity contribution is 7.09. The van der Waals surface area contributed by atoms with Gasteiger partial charge in [0.25, 0.3) is 0 Å². The van der Waals surface area contributed by atoms with E-state index in [1.54, 1.807) is 17.0 Å². The average molecular weight is 236 g/mol. The number of aromatic nitrogens is 3. The van der Waals surface area contributed by atoms with Crippen LogP contribution in [0, 0.1) is 6.92 Å². The molecule has 0 spiro atoms. The summed E-state index contributed by atoms with van der Waals surface area (Å²) in [7, 11) is 0. The number of aliphatic carboxylic acids is 1. The Hall–Kier alpha value is -1.82. The van der Waals surface area contributed by atoms with Gasteiger partial charge in [0.05, 0.1) is 0 Å². The summed E-state index contributed by atoms with van der Waals surface area (Å²) in [6.45, 7) is 1.81. The maximum atomic E-state index is 10.5. The lowest BCUT2D eigenvalue weighted by atomic mass is 10.3. The fourth-order valence-corrected chi connectivity index (χ4v) is 1.95. The van der Waals surface area contributed by atoms with Crippen LogP contribution in [0.1, 0.15) is 5.82 Å². The summed E-state index contributed by atoms with van der Waals surface area (Å²) in [5.74, 6) is -0.105. The van der Waals surface area contributed by atoms with Crippen LogP contribution in [0.3, 0.4) is 0 Å². The van der Waals surface area contributed by atoms with Crippen molar-refractivity contribution >= 4 is 17.5 Å². The van der Waals surface area contributed by atoms with Crippen molar-refractivity contribution in [3.63, 3.8) is 0 Å². The van der Waals surface area contributed by atoms with Gasteiger partial charge in [-0.15, -0.1) is 0 Å². The van der Waals surface area contributed by atoms with Gasteiger partial charge in [-0.3, -0.25) is 0 Å². The van der Waals surface area contributed by atoms with Gasteiger partial charge < -0.3 is 5.11 Å². The summed E-state index contributed by atoms with van der Waals surface area (Å²) in [4.78, 5) is 14.7. The normalized spacial score (nSPS) is 10.3. The molecule has 0 saturated carbocycles. The number of nitrogens with zero attached hydrogens (tertiary/aromatic N) is 3. The van der Waals surface area contributed by atoms with E-state index in [4.69, 9.17) is 5.11 Å². The van der Waals surface area contributed by atoms with Gasteiger partial charge in [-0.1, -0.05) is 0 Å². The molecule has 6 heteroatoms. The molecule has 0 unspecified atom stereocenters. The van der Waals surface area contributed by atoms with Gasteiger partial charge in [0.2, 0.25) is 6.54 Å². The lowest BCUT2D eigenvalue weighted by Crippen LogP contribution is -2.36. The van der Waals surface area contributed by atoms with E-state index in [0.29, 0.717) is 0 Å². The third-order valence-corrected chi connectivity index (χ3v) is 2.84. The second kappa shape index (κ2) is 4.36. The van der Waals surface area contributed by atoms with Gasteiger partial charge in [-0.05, 0) is 18.5 Å². The molecular weight excluding hydrogens is 226 g/mol. The first kappa shape index (κ1) is 10.7. The van der Waals surface area contributed by atoms with Crippen molar-refractivity contribution in [1.82, 2.24) is 9.36 Å². The van der Waals surface area contributed by atoms with Gasteiger partial charge in [0.15, 0.2) is 12.4 Å². The molecule has 0 bridgehead atoms. The van der Waals surface area contributed by atoms with Crippen molar-refractivity contribution in [1.29, 1.82) is 0 Å². The van der Waals surface area contributed by atoms with Gasteiger partial charge in [-0.2, -0.15) is 8.94 Å². The predicted octanol–water partition coefficient (Wildman–Crippen LogP) is 0.886. The monoisotopic (exact) mass is 236 g/mol. The Kier molecular flexibility index (Phi) is 2.91. The second-order valence-corrected chi connectivity index (χ2v) is 4.05. The van der Waals surface area contributed by atoms with Crippen molar-refractivity contribution in [2.24, 2.45) is 0 Å². The summed E-state index contributed by atoms with van der Waals surface area (Å²) >= 11 is 1.34. The molecule has 2 aromatic rings. The predicted molar refractivity (Wildman–Crippen MR) is 57.9 cm³/mol. The number of hydrogen-bond donors (Lipinski definition) is 1. The maximum Gasteiger partial charge on any atom is 0.370 e. The van der Waals surface area contributed by atoms with Crippen molar-refractivity contribution in [3.05, 3.63) is 30.4 Å². The van der Waals surface area contributed by atoms with Crippen molar-refractivity contribution in [2.75, 3.05) is 0 Å². The van der Waals surface area contributed by atoms with Gasteiger partial charge >= 0.3 is 5.97 Å². The average Bonchev–Trinajstić information content (AvgIpc) is 2.65. The number of aryl methyl sites for hydroxylation is 1. The van der Waals surface area contributed by atoms with Crippen molar-refractivity contribution < 1.29 is 14.5 Å². The lowest BCUT2D eigenvalue weighted by Gasteiger charge is -1.94. The standard InChI is InChI=1S/C10H9N3O2S/c1-7-11-10(16-12-7)8-2-4-13(5-3-8)6-9(14)15/h2-5H,6H2,1H3/p+1. The van der Waals surface area contributed by atoms with Crippen LogP contribution in [0.5, 0.6) is 0 Å². The molecule has 2 rings (SSSR count). The zero-order valence-electron chi connectivity index (χ0n) is 8.62. The van der Waals surface area contributed by atoms with E-state index < -0.39 is 5.97 Å². The molecule has 0 aliphatic rings. The number of carboxylic acid groups (broad SMARTS) is 1. The second-order valence-electron chi connectivity index (χ2n) is 3.30. The molecule has 1 N–H and O–H groups in total. The topological polar surface area (TPSA) is 67.0 Å². The Bertz CT molecular complexity index is 507. The number of carboxylic acids is 1. The van der Waals surface area contributed by atoms with Crippen LogP contribution in [0.2, 0.25) is 0 Å². The summed E-state index contributed by atoms with van der Waals surface area (Å²) in [5, 5.41) is 9.46. The quantitative estimate of drug-likeness (QED) is 0.803. The van der Waals surface area contributed by atoms with E-state index in [2.05, 4.69) is 9.36 Å². The minimum absolute atomic E-state index is 0.0323. The van der Waals surface area contributed by atoms with E-state index >= 15 is 0 Å². The van der Waals surface area contributed by atoms with Crippen LogP contribution in [-0.2, 0) is 11.3 Å². The molecule has 0 aliphatic carbocycles. The highest BCUT2D eigenvalue weighted by Crippen LogP contribution is 2.19. The van der Waals surface area contributed by atoms with Crippen LogP contribution in [0.15, 0.2) is 24.5 Å². The van der Waals surface area contributed by atoms with Gasteiger partial charge in [-0.25, -0.2) is 9.78 Å². The van der Waals surface area contributed by atoms with E-state index in [-0.39, 0.29) is 6.54 Å². The smallest absolute Gasteiger partial charge is 0.370 e. The molecule has 0 aliphatic heterocycles. The molecule has 82 valence electrons. The van der Waals surface area contributed by atoms with Crippen LogP contribution in [0.25, 0.3) is 10.6 Å². The molecule has 0 atom stereocenters. The van der Waals surface area contributed by atoms with Crippen LogP contribution in [-0.4, -0.2) is 20.4 Å². The Labute approximate surface area is 96.2 Å². The molecular formula is C10H10N3O2S+. The van der Waals surface area contributed by atoms with E-state index in [1.165, 1.54) is 11.5 Å². The molecule has 2 aromatic heterocycles. The molecule has 0 radical (unpaired) electrons. The van der Waals surface area contributed by atoms with E-state index in [9.17, 15) is 4.79 Å². The van der Waals surface area contributed by atoms with Gasteiger partial charge in [0, 0.05) is 17.7 Å². The van der Waals surface area contributed by atoms with Crippen molar-refractivity contribution in [2.45, 2.75) is 13.5 Å². The summed E-state index contributed by atoms with van der Waals surface area (Å²) in [6, 6.07) is 3.67. The van der Waals surface area contributed by atoms with Crippen LogP contribution >= 0.6 is 11.5 Å². The highest BCUT2D eigenvalue weighted by atomic mass is 32.1. The summed E-state index contributed by atoms with van der Waals surface area (Å²) in [5.41, 5.74) is 0.951. The van der Waals surface area contributed by atoms with Gasteiger partial charge in [0.1, 0.15) is 10.8 Å². The number of hydrogen-bond acceptors (Lipinski definition) is 4. The highest BCUT2D eigenvalue weighted by Gasteiger charge is 2.09. The molecule has 0 amide bonds. The Balaban J connectivity index is 2.22. The molecule has 0 aromatic carbocycles. The molecule has 5 nitrogen and oxygen atoms in total. The third kappa shape index (κ3) is 2.40. The Morgan fingerprint density at radius 2 is 2.19 bits per heavy atom. The number of rotatable bonds is 3. The number of pyridine rings is 1. The lowest BCUT2D eigenvalue weighted by molar-refractivity contribution is -0.685. The van der Waals surface area contributed by atoms with Crippen LogP contribution in [0.4, 0.5) is 0 Å². The minimum Gasteiger partial charge on any atom is -0.477 e. The molecule has 0 saturated heterocycles. The Morgan fingerprint density at radius 3 is 2.69 bits per heavy atom.